The first-order valence-electron chi connectivity index (χ1n) is 5.83. The first kappa shape index (κ1) is 12.1. The van der Waals surface area contributed by atoms with Crippen molar-refractivity contribution in [2.24, 2.45) is 5.41 Å². The van der Waals surface area contributed by atoms with Crippen LogP contribution >= 0.6 is 0 Å². The van der Waals surface area contributed by atoms with Crippen molar-refractivity contribution in [3.63, 3.8) is 0 Å². The van der Waals surface area contributed by atoms with Crippen molar-refractivity contribution in [1.82, 2.24) is 0 Å². The Morgan fingerprint density at radius 2 is 2.12 bits per heavy atom. The molecule has 1 unspecified atom stereocenters. The molecule has 1 aromatic rings. The molecule has 1 fully saturated rings. The number of rotatable bonds is 2. The van der Waals surface area contributed by atoms with E-state index >= 15 is 0 Å². The first-order chi connectivity index (χ1) is 7.93. The molecule has 0 aliphatic heterocycles. The van der Waals surface area contributed by atoms with Crippen molar-refractivity contribution >= 4 is 0 Å². The number of halogens is 1. The fourth-order valence-corrected chi connectivity index (χ4v) is 2.41. The molecular formula is C14H16FNO. The van der Waals surface area contributed by atoms with Crippen LogP contribution in [0.3, 0.4) is 0 Å². The lowest BCUT2D eigenvalue weighted by Gasteiger charge is -2.46. The molecule has 0 radical (unpaired) electrons. The second kappa shape index (κ2) is 3.82. The van der Waals surface area contributed by atoms with Crippen molar-refractivity contribution in [2.75, 3.05) is 0 Å². The summed E-state index contributed by atoms with van der Waals surface area (Å²) in [5.41, 5.74) is -1.01. The van der Waals surface area contributed by atoms with E-state index in [1.54, 1.807) is 26.0 Å². The number of hydrogen-bond acceptors (Lipinski definition) is 2. The molecule has 1 aliphatic rings. The second-order valence-electron chi connectivity index (χ2n) is 5.08. The lowest BCUT2D eigenvalue weighted by atomic mass is 9.58. The average molecular weight is 233 g/mol. The molecule has 2 nitrogen and oxygen atoms in total. The first-order valence-corrected chi connectivity index (χ1v) is 5.83. The van der Waals surface area contributed by atoms with Gasteiger partial charge in [0.1, 0.15) is 11.4 Å². The zero-order chi connectivity index (χ0) is 12.7. The molecule has 1 aromatic carbocycles. The molecule has 0 bridgehead atoms. The summed E-state index contributed by atoms with van der Waals surface area (Å²) >= 11 is 0. The molecule has 1 aliphatic carbocycles. The fourth-order valence-electron chi connectivity index (χ4n) is 2.41. The van der Waals surface area contributed by atoms with Gasteiger partial charge in [-0.1, -0.05) is 18.6 Å². The summed E-state index contributed by atoms with van der Waals surface area (Å²) in [7, 11) is 0. The summed E-state index contributed by atoms with van der Waals surface area (Å²) in [6.07, 6.45) is 2.29. The van der Waals surface area contributed by atoms with Crippen LogP contribution in [0.1, 0.15) is 37.3 Å². The van der Waals surface area contributed by atoms with Gasteiger partial charge in [0.25, 0.3) is 0 Å². The quantitative estimate of drug-likeness (QED) is 0.853. The minimum Gasteiger partial charge on any atom is -0.384 e. The summed E-state index contributed by atoms with van der Waals surface area (Å²) in [6.45, 7) is 3.29. The largest absolute Gasteiger partial charge is 0.384 e. The highest BCUT2D eigenvalue weighted by atomic mass is 19.1. The third-order valence-corrected chi connectivity index (χ3v) is 4.09. The number of benzene rings is 1. The van der Waals surface area contributed by atoms with Crippen molar-refractivity contribution in [3.05, 3.63) is 35.1 Å². The van der Waals surface area contributed by atoms with E-state index in [2.05, 4.69) is 6.07 Å². The Morgan fingerprint density at radius 3 is 2.53 bits per heavy atom. The van der Waals surface area contributed by atoms with Crippen LogP contribution in [0, 0.1) is 29.5 Å². The Balaban J connectivity index is 2.44. The minimum atomic E-state index is -1.28. The van der Waals surface area contributed by atoms with E-state index in [1.165, 1.54) is 6.07 Å². The van der Waals surface area contributed by atoms with Crippen LogP contribution in [0.15, 0.2) is 18.2 Å². The maximum absolute atomic E-state index is 13.5. The maximum Gasteiger partial charge on any atom is 0.126 e. The summed E-state index contributed by atoms with van der Waals surface area (Å²) in [5.74, 6) is -0.338. The van der Waals surface area contributed by atoms with Gasteiger partial charge in [0.05, 0.1) is 11.5 Å². The van der Waals surface area contributed by atoms with Gasteiger partial charge in [-0.2, -0.15) is 5.26 Å². The van der Waals surface area contributed by atoms with Gasteiger partial charge in [0.2, 0.25) is 0 Å². The predicted molar refractivity (Wildman–Crippen MR) is 62.6 cm³/mol. The van der Waals surface area contributed by atoms with Gasteiger partial charge in [-0.3, -0.25) is 0 Å². The zero-order valence-electron chi connectivity index (χ0n) is 10.1. The van der Waals surface area contributed by atoms with Crippen molar-refractivity contribution in [2.45, 2.75) is 38.7 Å². The fraction of sp³-hybridized carbons (Fsp3) is 0.500. The van der Waals surface area contributed by atoms with Gasteiger partial charge in [0.15, 0.2) is 0 Å². The van der Waals surface area contributed by atoms with Crippen LogP contribution in [0.25, 0.3) is 0 Å². The third kappa shape index (κ3) is 1.64. The molecule has 17 heavy (non-hydrogen) atoms. The Kier molecular flexibility index (Phi) is 2.71. The average Bonchev–Trinajstić information content (AvgIpc) is 2.20. The monoisotopic (exact) mass is 233 g/mol. The highest BCUT2D eigenvalue weighted by molar-refractivity contribution is 5.32. The molecule has 90 valence electrons. The summed E-state index contributed by atoms with van der Waals surface area (Å²) < 4.78 is 13.5. The SMILES string of the molecule is Cc1ccc(C(C)(O)C2(C#N)CCC2)cc1F. The second-order valence-corrected chi connectivity index (χ2v) is 5.08. The molecule has 1 N–H and O–H groups in total. The molecule has 1 atom stereocenters. The van der Waals surface area contributed by atoms with E-state index in [-0.39, 0.29) is 5.82 Å². The smallest absolute Gasteiger partial charge is 0.126 e. The summed E-state index contributed by atoms with van der Waals surface area (Å²) in [6, 6.07) is 6.90. The number of aliphatic hydroxyl groups is 1. The van der Waals surface area contributed by atoms with E-state index in [4.69, 9.17) is 0 Å². The lowest BCUT2D eigenvalue weighted by molar-refractivity contribution is -0.0860. The van der Waals surface area contributed by atoms with Crippen LogP contribution < -0.4 is 0 Å². The number of hydrogen-bond donors (Lipinski definition) is 1. The standard InChI is InChI=1S/C14H16FNO/c1-10-4-5-11(8-12(10)15)13(2,17)14(9-16)6-3-7-14/h4-5,8,17H,3,6-7H2,1-2H3. The van der Waals surface area contributed by atoms with Gasteiger partial charge < -0.3 is 5.11 Å². The molecule has 2 rings (SSSR count). The zero-order valence-corrected chi connectivity index (χ0v) is 10.1. The van der Waals surface area contributed by atoms with E-state index in [1.807, 2.05) is 0 Å². The highest BCUT2D eigenvalue weighted by Crippen LogP contribution is 2.53. The van der Waals surface area contributed by atoms with Gasteiger partial charge in [-0.15, -0.1) is 0 Å². The van der Waals surface area contributed by atoms with Gasteiger partial charge in [0, 0.05) is 0 Å². The summed E-state index contributed by atoms with van der Waals surface area (Å²) in [4.78, 5) is 0. The lowest BCUT2D eigenvalue weighted by Crippen LogP contribution is -2.47. The molecule has 0 amide bonds. The molecule has 3 heteroatoms. The van der Waals surface area contributed by atoms with E-state index < -0.39 is 11.0 Å². The predicted octanol–water partition coefficient (Wildman–Crippen LogP) is 3.04. The van der Waals surface area contributed by atoms with Crippen LogP contribution in [0.2, 0.25) is 0 Å². The van der Waals surface area contributed by atoms with Crippen LogP contribution in [0.5, 0.6) is 0 Å². The van der Waals surface area contributed by atoms with E-state index in [0.717, 1.165) is 6.42 Å². The van der Waals surface area contributed by atoms with Crippen molar-refractivity contribution in [3.8, 4) is 6.07 Å². The normalized spacial score (nSPS) is 21.1. The van der Waals surface area contributed by atoms with E-state index in [0.29, 0.717) is 24.0 Å². The molecule has 0 spiro atoms. The Labute approximate surface area is 101 Å². The minimum absolute atomic E-state index is 0.338. The Morgan fingerprint density at radius 1 is 1.47 bits per heavy atom. The van der Waals surface area contributed by atoms with Crippen LogP contribution in [0.4, 0.5) is 4.39 Å². The van der Waals surface area contributed by atoms with Gasteiger partial charge in [-0.05, 0) is 43.9 Å². The third-order valence-electron chi connectivity index (χ3n) is 4.09. The van der Waals surface area contributed by atoms with Crippen LogP contribution in [-0.2, 0) is 5.60 Å². The number of aryl methyl sites for hydroxylation is 1. The Hall–Kier alpha value is -1.40. The van der Waals surface area contributed by atoms with Gasteiger partial charge >= 0.3 is 0 Å². The molecular weight excluding hydrogens is 217 g/mol. The molecule has 1 saturated carbocycles. The maximum atomic E-state index is 13.5. The Bertz CT molecular complexity index is 483. The van der Waals surface area contributed by atoms with Crippen molar-refractivity contribution < 1.29 is 9.50 Å². The van der Waals surface area contributed by atoms with Gasteiger partial charge in [-0.25, -0.2) is 4.39 Å². The summed E-state index contributed by atoms with van der Waals surface area (Å²) in [5, 5.41) is 19.8. The molecule has 0 heterocycles. The number of nitrogens with zero attached hydrogens (tertiary/aromatic N) is 1. The van der Waals surface area contributed by atoms with E-state index in [9.17, 15) is 14.8 Å². The number of nitriles is 1. The topological polar surface area (TPSA) is 44.0 Å². The van der Waals surface area contributed by atoms with Crippen molar-refractivity contribution in [1.29, 1.82) is 5.26 Å². The molecule has 0 saturated heterocycles. The van der Waals surface area contributed by atoms with Crippen LogP contribution in [-0.4, -0.2) is 5.11 Å². The highest BCUT2D eigenvalue weighted by Gasteiger charge is 2.52. The molecule has 0 aromatic heterocycles.